The van der Waals surface area contributed by atoms with Crippen LogP contribution in [0, 0.1) is 0 Å². The maximum atomic E-state index is 12.2. The van der Waals surface area contributed by atoms with Crippen LogP contribution >= 0.6 is 15.9 Å². The number of ether oxygens (including phenoxy) is 1. The minimum absolute atomic E-state index is 0.227. The number of alkyl halides is 1. The van der Waals surface area contributed by atoms with E-state index in [-0.39, 0.29) is 5.91 Å². The Morgan fingerprint density at radius 2 is 1.95 bits per heavy atom. The zero-order chi connectivity index (χ0) is 13.5. The van der Waals surface area contributed by atoms with Crippen molar-refractivity contribution >= 4 is 21.8 Å². The molecule has 19 heavy (non-hydrogen) atoms. The van der Waals surface area contributed by atoms with Crippen molar-refractivity contribution in [2.75, 3.05) is 25.0 Å². The number of rotatable bonds is 5. The van der Waals surface area contributed by atoms with Crippen molar-refractivity contribution in [3.8, 4) is 0 Å². The lowest BCUT2D eigenvalue weighted by Gasteiger charge is -2.32. The van der Waals surface area contributed by atoms with Gasteiger partial charge in [0.1, 0.15) is 0 Å². The van der Waals surface area contributed by atoms with E-state index in [1.165, 1.54) is 0 Å². The average Bonchev–Trinajstić information content (AvgIpc) is 2.46. The van der Waals surface area contributed by atoms with Crippen molar-refractivity contribution < 1.29 is 9.53 Å². The number of amides is 1. The predicted molar refractivity (Wildman–Crippen MR) is 79.5 cm³/mol. The number of nitrogens with zero attached hydrogens (tertiary/aromatic N) is 1. The molecule has 0 spiro atoms. The summed E-state index contributed by atoms with van der Waals surface area (Å²) in [5.74, 6) is 0.227. The van der Waals surface area contributed by atoms with Crippen LogP contribution in [0.4, 0.5) is 0 Å². The van der Waals surface area contributed by atoms with Crippen LogP contribution in [0.25, 0.3) is 0 Å². The SMILES string of the molecule is O=C(Cc1ccccc1)N1CCC(OCCBr)CC1. The Kier molecular flexibility index (Phi) is 5.86. The van der Waals surface area contributed by atoms with E-state index in [2.05, 4.69) is 15.9 Å². The van der Waals surface area contributed by atoms with Crippen molar-refractivity contribution in [2.45, 2.75) is 25.4 Å². The van der Waals surface area contributed by atoms with Crippen LogP contribution in [0.3, 0.4) is 0 Å². The summed E-state index contributed by atoms with van der Waals surface area (Å²) in [5, 5.41) is 0.875. The predicted octanol–water partition coefficient (Wildman–Crippen LogP) is 2.63. The van der Waals surface area contributed by atoms with Crippen LogP contribution in [0.2, 0.25) is 0 Å². The second kappa shape index (κ2) is 7.65. The highest BCUT2D eigenvalue weighted by Gasteiger charge is 2.22. The van der Waals surface area contributed by atoms with Crippen molar-refractivity contribution in [3.63, 3.8) is 0 Å². The Bertz CT molecular complexity index is 388. The lowest BCUT2D eigenvalue weighted by Crippen LogP contribution is -2.41. The van der Waals surface area contributed by atoms with Gasteiger partial charge in [-0.2, -0.15) is 0 Å². The standard InChI is InChI=1S/C15H20BrNO2/c16-8-11-19-14-6-9-17(10-7-14)15(18)12-13-4-2-1-3-5-13/h1-5,14H,6-12H2. The fourth-order valence-electron chi connectivity index (χ4n) is 2.37. The Balaban J connectivity index is 1.76. The molecule has 1 heterocycles. The van der Waals surface area contributed by atoms with E-state index in [0.717, 1.165) is 43.4 Å². The van der Waals surface area contributed by atoms with Crippen LogP contribution < -0.4 is 0 Å². The summed E-state index contributed by atoms with van der Waals surface area (Å²) in [6.45, 7) is 2.39. The quantitative estimate of drug-likeness (QED) is 0.779. The molecule has 0 aromatic heterocycles. The molecule has 1 aromatic rings. The maximum absolute atomic E-state index is 12.2. The van der Waals surface area contributed by atoms with Crippen LogP contribution in [-0.2, 0) is 16.0 Å². The van der Waals surface area contributed by atoms with Gasteiger partial charge in [-0.25, -0.2) is 0 Å². The number of carbonyl (C=O) groups is 1. The number of likely N-dealkylation sites (tertiary alicyclic amines) is 1. The maximum Gasteiger partial charge on any atom is 0.226 e. The van der Waals surface area contributed by atoms with Crippen molar-refractivity contribution in [1.82, 2.24) is 4.90 Å². The zero-order valence-corrected chi connectivity index (χ0v) is 12.6. The highest BCUT2D eigenvalue weighted by Crippen LogP contribution is 2.15. The van der Waals surface area contributed by atoms with Crippen molar-refractivity contribution in [2.24, 2.45) is 0 Å². The molecule has 3 nitrogen and oxygen atoms in total. The molecule has 1 aromatic carbocycles. The number of carbonyl (C=O) groups excluding carboxylic acids is 1. The first-order valence-electron chi connectivity index (χ1n) is 6.79. The second-order valence-electron chi connectivity index (χ2n) is 4.80. The summed E-state index contributed by atoms with van der Waals surface area (Å²) in [6.07, 6.45) is 2.73. The van der Waals surface area contributed by atoms with Gasteiger partial charge in [-0.15, -0.1) is 0 Å². The van der Waals surface area contributed by atoms with E-state index in [1.54, 1.807) is 0 Å². The van der Waals surface area contributed by atoms with E-state index < -0.39 is 0 Å². The summed E-state index contributed by atoms with van der Waals surface area (Å²) >= 11 is 3.36. The van der Waals surface area contributed by atoms with Gasteiger partial charge in [0.05, 0.1) is 19.1 Å². The Hall–Kier alpha value is -0.870. The third-order valence-electron chi connectivity index (χ3n) is 3.42. The lowest BCUT2D eigenvalue weighted by atomic mass is 10.1. The molecule has 104 valence electrons. The normalized spacial score (nSPS) is 16.6. The molecule has 4 heteroatoms. The molecule has 0 radical (unpaired) electrons. The molecular formula is C15H20BrNO2. The van der Waals surface area contributed by atoms with Crippen LogP contribution in [-0.4, -0.2) is 41.9 Å². The van der Waals surface area contributed by atoms with Gasteiger partial charge in [-0.3, -0.25) is 4.79 Å². The minimum Gasteiger partial charge on any atom is -0.377 e. The Morgan fingerprint density at radius 1 is 1.26 bits per heavy atom. The van der Waals surface area contributed by atoms with Gasteiger partial charge in [-0.1, -0.05) is 46.3 Å². The van der Waals surface area contributed by atoms with E-state index >= 15 is 0 Å². The summed E-state index contributed by atoms with van der Waals surface area (Å²) in [7, 11) is 0. The molecular weight excluding hydrogens is 306 g/mol. The van der Waals surface area contributed by atoms with Gasteiger partial charge < -0.3 is 9.64 Å². The average molecular weight is 326 g/mol. The van der Waals surface area contributed by atoms with Gasteiger partial charge in [0.15, 0.2) is 0 Å². The fourth-order valence-corrected chi connectivity index (χ4v) is 2.55. The van der Waals surface area contributed by atoms with E-state index in [4.69, 9.17) is 4.74 Å². The highest BCUT2D eigenvalue weighted by molar-refractivity contribution is 9.09. The molecule has 2 rings (SSSR count). The number of benzene rings is 1. The number of hydrogen-bond donors (Lipinski definition) is 0. The smallest absolute Gasteiger partial charge is 0.226 e. The summed E-state index contributed by atoms with van der Waals surface area (Å²) in [6, 6.07) is 9.93. The molecule has 0 saturated carbocycles. The first-order chi connectivity index (χ1) is 9.29. The second-order valence-corrected chi connectivity index (χ2v) is 5.60. The summed E-state index contributed by atoms with van der Waals surface area (Å²) in [5.41, 5.74) is 1.09. The molecule has 0 unspecified atom stereocenters. The molecule has 1 aliphatic heterocycles. The first-order valence-corrected chi connectivity index (χ1v) is 7.91. The van der Waals surface area contributed by atoms with Gasteiger partial charge in [0, 0.05) is 18.4 Å². The first kappa shape index (κ1) is 14.5. The van der Waals surface area contributed by atoms with Crippen LogP contribution in [0.15, 0.2) is 30.3 Å². The molecule has 0 atom stereocenters. The van der Waals surface area contributed by atoms with E-state index in [1.807, 2.05) is 35.2 Å². The van der Waals surface area contributed by atoms with Gasteiger partial charge in [-0.05, 0) is 18.4 Å². The molecule has 1 saturated heterocycles. The van der Waals surface area contributed by atoms with Crippen molar-refractivity contribution in [3.05, 3.63) is 35.9 Å². The van der Waals surface area contributed by atoms with Gasteiger partial charge >= 0.3 is 0 Å². The number of piperidine rings is 1. The monoisotopic (exact) mass is 325 g/mol. The van der Waals surface area contributed by atoms with E-state index in [0.29, 0.717) is 12.5 Å². The molecule has 1 aliphatic rings. The molecule has 0 bridgehead atoms. The third kappa shape index (κ3) is 4.62. The number of hydrogen-bond acceptors (Lipinski definition) is 2. The van der Waals surface area contributed by atoms with Crippen LogP contribution in [0.1, 0.15) is 18.4 Å². The molecule has 1 fully saturated rings. The van der Waals surface area contributed by atoms with E-state index in [9.17, 15) is 4.79 Å². The zero-order valence-electron chi connectivity index (χ0n) is 11.1. The molecule has 0 N–H and O–H groups in total. The summed E-state index contributed by atoms with van der Waals surface area (Å²) in [4.78, 5) is 14.1. The van der Waals surface area contributed by atoms with Gasteiger partial charge in [0.25, 0.3) is 0 Å². The Labute approximate surface area is 123 Å². The van der Waals surface area contributed by atoms with Gasteiger partial charge in [0.2, 0.25) is 5.91 Å². The molecule has 0 aliphatic carbocycles. The number of halogens is 1. The fraction of sp³-hybridized carbons (Fsp3) is 0.533. The lowest BCUT2D eigenvalue weighted by molar-refractivity contribution is -0.133. The molecule has 1 amide bonds. The largest absolute Gasteiger partial charge is 0.377 e. The minimum atomic E-state index is 0.227. The summed E-state index contributed by atoms with van der Waals surface area (Å²) < 4.78 is 5.69. The Morgan fingerprint density at radius 3 is 2.58 bits per heavy atom. The highest BCUT2D eigenvalue weighted by atomic mass is 79.9. The van der Waals surface area contributed by atoms with Crippen LogP contribution in [0.5, 0.6) is 0 Å². The van der Waals surface area contributed by atoms with Crippen molar-refractivity contribution in [1.29, 1.82) is 0 Å². The third-order valence-corrected chi connectivity index (χ3v) is 3.75. The topological polar surface area (TPSA) is 29.5 Å².